The Balaban J connectivity index is 2.12. The van der Waals surface area contributed by atoms with Crippen molar-refractivity contribution in [3.8, 4) is 17.2 Å². The minimum atomic E-state index is -0.793. The van der Waals surface area contributed by atoms with E-state index in [2.05, 4.69) is 25.9 Å². The number of ether oxygens (including phenoxy) is 3. The van der Waals surface area contributed by atoms with Crippen LogP contribution >= 0.6 is 27.5 Å². The Morgan fingerprint density at radius 1 is 1.15 bits per heavy atom. The summed E-state index contributed by atoms with van der Waals surface area (Å²) in [6.45, 7) is -0.0122. The third-order valence-corrected chi connectivity index (χ3v) is 5.10. The SMILES string of the molecule is COc1cc(CN2C(=O)C(=O)c3c(Cl)nc(N)nc32)c(Br)c(OC)c1OC. The third kappa shape index (κ3) is 3.04. The average molecular weight is 458 g/mol. The Morgan fingerprint density at radius 2 is 1.81 bits per heavy atom. The quantitative estimate of drug-likeness (QED) is 0.536. The van der Waals surface area contributed by atoms with Gasteiger partial charge < -0.3 is 19.9 Å². The summed E-state index contributed by atoms with van der Waals surface area (Å²) in [6.07, 6.45) is 0. The van der Waals surface area contributed by atoms with Crippen LogP contribution in [0.1, 0.15) is 15.9 Å². The Labute approximate surface area is 167 Å². The minimum absolute atomic E-state index is 0.0122. The first-order valence-corrected chi connectivity index (χ1v) is 8.67. The van der Waals surface area contributed by atoms with Crippen LogP contribution in [0.2, 0.25) is 5.15 Å². The van der Waals surface area contributed by atoms with Gasteiger partial charge in [-0.1, -0.05) is 11.6 Å². The molecule has 1 aliphatic rings. The molecule has 1 aromatic heterocycles. The van der Waals surface area contributed by atoms with Gasteiger partial charge in [-0.15, -0.1) is 0 Å². The number of hydrogen-bond donors (Lipinski definition) is 1. The molecule has 1 aromatic carbocycles. The molecule has 1 aliphatic heterocycles. The molecule has 142 valence electrons. The number of fused-ring (bicyclic) bond motifs is 1. The van der Waals surface area contributed by atoms with Gasteiger partial charge in [0.1, 0.15) is 10.7 Å². The molecule has 2 N–H and O–H groups in total. The summed E-state index contributed by atoms with van der Waals surface area (Å²) < 4.78 is 16.6. The summed E-state index contributed by atoms with van der Waals surface area (Å²) >= 11 is 9.41. The Hall–Kier alpha value is -2.59. The van der Waals surface area contributed by atoms with Crippen LogP contribution in [0.25, 0.3) is 0 Å². The summed E-state index contributed by atoms with van der Waals surface area (Å²) in [5.41, 5.74) is 6.14. The summed E-state index contributed by atoms with van der Waals surface area (Å²) in [5, 5.41) is -0.165. The third-order valence-electron chi connectivity index (χ3n) is 3.96. The van der Waals surface area contributed by atoms with Gasteiger partial charge in [0.15, 0.2) is 17.3 Å². The second-order valence-electron chi connectivity index (χ2n) is 5.41. The first-order valence-electron chi connectivity index (χ1n) is 7.50. The van der Waals surface area contributed by atoms with Crippen molar-refractivity contribution in [2.45, 2.75) is 6.54 Å². The van der Waals surface area contributed by atoms with Gasteiger partial charge in [-0.3, -0.25) is 14.5 Å². The maximum atomic E-state index is 12.5. The normalized spacial score (nSPS) is 13.0. The number of rotatable bonds is 5. The predicted molar refractivity (Wildman–Crippen MR) is 101 cm³/mol. The number of nitrogens with zero attached hydrogens (tertiary/aromatic N) is 3. The average Bonchev–Trinajstić information content (AvgIpc) is 2.87. The summed E-state index contributed by atoms with van der Waals surface area (Å²) in [7, 11) is 4.43. The highest BCUT2D eigenvalue weighted by Crippen LogP contribution is 2.45. The lowest BCUT2D eigenvalue weighted by Crippen LogP contribution is -2.29. The zero-order valence-corrected chi connectivity index (χ0v) is 16.8. The fraction of sp³-hybridized carbons (Fsp3) is 0.250. The van der Waals surface area contributed by atoms with E-state index in [4.69, 9.17) is 31.5 Å². The van der Waals surface area contributed by atoms with E-state index in [-0.39, 0.29) is 29.0 Å². The van der Waals surface area contributed by atoms with Gasteiger partial charge in [-0.25, -0.2) is 4.98 Å². The molecule has 0 radical (unpaired) electrons. The second kappa shape index (κ2) is 7.20. The molecule has 3 rings (SSSR count). The van der Waals surface area contributed by atoms with Crippen molar-refractivity contribution in [1.29, 1.82) is 0 Å². The molecule has 0 saturated heterocycles. The molecule has 0 atom stereocenters. The van der Waals surface area contributed by atoms with Gasteiger partial charge >= 0.3 is 5.91 Å². The molecule has 0 saturated carbocycles. The fourth-order valence-electron chi connectivity index (χ4n) is 2.76. The van der Waals surface area contributed by atoms with E-state index in [1.807, 2.05) is 0 Å². The number of Topliss-reactive ketones (excluding diaryl/α,β-unsaturated/α-hetero) is 1. The maximum absolute atomic E-state index is 12.5. The second-order valence-corrected chi connectivity index (χ2v) is 6.56. The topological polar surface area (TPSA) is 117 Å². The Bertz CT molecular complexity index is 969. The Kier molecular flexibility index (Phi) is 5.11. The highest BCUT2D eigenvalue weighted by atomic mass is 79.9. The molecule has 27 heavy (non-hydrogen) atoms. The molecule has 2 heterocycles. The van der Waals surface area contributed by atoms with Gasteiger partial charge in [-0.05, 0) is 27.6 Å². The van der Waals surface area contributed by atoms with Crippen molar-refractivity contribution >= 4 is 51.0 Å². The predicted octanol–water partition coefficient (Wildman–Crippen LogP) is 2.23. The highest BCUT2D eigenvalue weighted by molar-refractivity contribution is 9.10. The number of halogens is 2. The van der Waals surface area contributed by atoms with Crippen LogP contribution in [0.15, 0.2) is 10.5 Å². The number of carbonyl (C=O) groups is 2. The van der Waals surface area contributed by atoms with Crippen LogP contribution < -0.4 is 24.8 Å². The number of anilines is 2. The maximum Gasteiger partial charge on any atom is 0.301 e. The number of nitrogens with two attached hydrogens (primary N) is 1. The minimum Gasteiger partial charge on any atom is -0.493 e. The van der Waals surface area contributed by atoms with Gasteiger partial charge in [0.25, 0.3) is 5.78 Å². The number of benzene rings is 1. The number of carbonyl (C=O) groups excluding carboxylic acids is 2. The van der Waals surface area contributed by atoms with Gasteiger partial charge in [0, 0.05) is 0 Å². The van der Waals surface area contributed by atoms with Crippen molar-refractivity contribution in [3.63, 3.8) is 0 Å². The number of ketones is 1. The van der Waals surface area contributed by atoms with E-state index in [0.29, 0.717) is 27.3 Å². The number of nitrogen functional groups attached to an aromatic ring is 1. The van der Waals surface area contributed by atoms with Gasteiger partial charge in [0.2, 0.25) is 11.7 Å². The molecule has 0 spiro atoms. The van der Waals surface area contributed by atoms with Crippen molar-refractivity contribution in [1.82, 2.24) is 9.97 Å². The standard InChI is InChI=1S/C16H14BrClN4O5/c1-25-7-4-6(9(17)12(27-3)11(7)26-2)5-22-14-8(10(23)15(22)24)13(18)20-16(19)21-14/h4H,5H2,1-3H3,(H2,19,20,21). The molecule has 9 nitrogen and oxygen atoms in total. The fourth-order valence-corrected chi connectivity index (χ4v) is 3.60. The van der Waals surface area contributed by atoms with E-state index >= 15 is 0 Å². The largest absolute Gasteiger partial charge is 0.493 e. The van der Waals surface area contributed by atoms with Crippen molar-refractivity contribution in [3.05, 3.63) is 26.8 Å². The molecule has 0 unspecified atom stereocenters. The molecular weight excluding hydrogens is 444 g/mol. The van der Waals surface area contributed by atoms with Crippen molar-refractivity contribution < 1.29 is 23.8 Å². The summed E-state index contributed by atoms with van der Waals surface area (Å²) in [5.74, 6) is -0.505. The first kappa shape index (κ1) is 19.2. The van der Waals surface area contributed by atoms with Crippen molar-refractivity contribution in [2.75, 3.05) is 32.0 Å². The molecule has 1 amide bonds. The summed E-state index contributed by atoms with van der Waals surface area (Å²) in [6, 6.07) is 1.66. The lowest BCUT2D eigenvalue weighted by Gasteiger charge is -2.20. The van der Waals surface area contributed by atoms with Crippen LogP contribution in [0.3, 0.4) is 0 Å². The van der Waals surface area contributed by atoms with Gasteiger partial charge in [-0.2, -0.15) is 4.98 Å². The van der Waals surface area contributed by atoms with Crippen LogP contribution in [0.5, 0.6) is 17.2 Å². The van der Waals surface area contributed by atoms with E-state index in [1.165, 1.54) is 26.2 Å². The number of amides is 1. The van der Waals surface area contributed by atoms with Crippen LogP contribution in [0.4, 0.5) is 11.8 Å². The molecule has 0 bridgehead atoms. The van der Waals surface area contributed by atoms with E-state index in [0.717, 1.165) is 0 Å². The monoisotopic (exact) mass is 456 g/mol. The summed E-state index contributed by atoms with van der Waals surface area (Å²) in [4.78, 5) is 33.7. The zero-order chi connectivity index (χ0) is 19.9. The molecule has 0 fully saturated rings. The van der Waals surface area contributed by atoms with E-state index < -0.39 is 11.7 Å². The molecule has 2 aromatic rings. The number of aromatic nitrogens is 2. The zero-order valence-electron chi connectivity index (χ0n) is 14.5. The lowest BCUT2D eigenvalue weighted by atomic mass is 10.1. The lowest BCUT2D eigenvalue weighted by molar-refractivity contribution is -0.114. The molecular formula is C16H14BrClN4O5. The number of hydrogen-bond acceptors (Lipinski definition) is 8. The highest BCUT2D eigenvalue weighted by Gasteiger charge is 2.40. The Morgan fingerprint density at radius 3 is 2.41 bits per heavy atom. The van der Waals surface area contributed by atoms with Crippen LogP contribution in [0, 0.1) is 0 Å². The smallest absolute Gasteiger partial charge is 0.301 e. The van der Waals surface area contributed by atoms with E-state index in [9.17, 15) is 9.59 Å². The van der Waals surface area contributed by atoms with Crippen LogP contribution in [-0.2, 0) is 11.3 Å². The number of methoxy groups -OCH3 is 3. The van der Waals surface area contributed by atoms with Gasteiger partial charge in [0.05, 0.1) is 32.3 Å². The molecule has 11 heteroatoms. The van der Waals surface area contributed by atoms with Crippen LogP contribution in [-0.4, -0.2) is 43.0 Å². The van der Waals surface area contributed by atoms with E-state index in [1.54, 1.807) is 6.07 Å². The first-order chi connectivity index (χ1) is 12.8. The molecule has 0 aliphatic carbocycles. The van der Waals surface area contributed by atoms with Crippen molar-refractivity contribution in [2.24, 2.45) is 0 Å².